The number of nitrogens with one attached hydrogen (secondary N) is 2. The van der Waals surface area contributed by atoms with Crippen LogP contribution in [0.2, 0.25) is 0 Å². The molecule has 34 heavy (non-hydrogen) atoms. The molecule has 1 heterocycles. The average Bonchev–Trinajstić information content (AvgIpc) is 2.83. The number of fused-ring (bicyclic) bond motifs is 1. The molecule has 0 saturated carbocycles. The highest BCUT2D eigenvalue weighted by Crippen LogP contribution is 2.35. The quantitative estimate of drug-likeness (QED) is 0.245. The topological polar surface area (TPSA) is 105 Å². The first-order valence-corrected chi connectivity index (χ1v) is 10.9. The normalized spacial score (nSPS) is 12.5. The summed E-state index contributed by atoms with van der Waals surface area (Å²) < 4.78 is 11.7. The summed E-state index contributed by atoms with van der Waals surface area (Å²) in [6, 6.07) is 19.5. The van der Waals surface area contributed by atoms with Crippen LogP contribution in [0.25, 0.3) is 11.1 Å². The molecule has 0 aromatic heterocycles. The van der Waals surface area contributed by atoms with Crippen molar-refractivity contribution in [1.82, 2.24) is 0 Å². The minimum atomic E-state index is 0.444. The first kappa shape index (κ1) is 22.7. The fourth-order valence-corrected chi connectivity index (χ4v) is 3.61. The van der Waals surface area contributed by atoms with Gasteiger partial charge < -0.3 is 25.3 Å². The van der Waals surface area contributed by atoms with Gasteiger partial charge in [-0.15, -0.1) is 0 Å². The number of benzene rings is 3. The van der Waals surface area contributed by atoms with Crippen molar-refractivity contribution in [3.05, 3.63) is 83.0 Å². The summed E-state index contributed by atoms with van der Waals surface area (Å²) in [5, 5.41) is 30.7. The van der Waals surface area contributed by atoms with Gasteiger partial charge in [-0.25, -0.2) is 0 Å². The Bertz CT molecular complexity index is 1300. The maximum atomic E-state index is 11.1. The molecule has 0 unspecified atom stereocenters. The van der Waals surface area contributed by atoms with E-state index in [2.05, 4.69) is 21.8 Å². The maximum Gasteiger partial charge on any atom is 0.215 e. The second-order valence-corrected chi connectivity index (χ2v) is 7.83. The molecule has 8 heteroatoms. The van der Waals surface area contributed by atoms with E-state index < -0.39 is 0 Å². The number of rotatable bonds is 7. The van der Waals surface area contributed by atoms with Gasteiger partial charge in [0.2, 0.25) is 5.82 Å². The number of anilines is 2. The number of ether oxygens (including phenoxy) is 2. The van der Waals surface area contributed by atoms with Crippen molar-refractivity contribution in [2.24, 2.45) is 5.11 Å². The zero-order valence-corrected chi connectivity index (χ0v) is 19.3. The summed E-state index contributed by atoms with van der Waals surface area (Å²) in [7, 11) is 1.33. The Hall–Kier alpha value is -4.51. The predicted molar refractivity (Wildman–Crippen MR) is 131 cm³/mol. The van der Waals surface area contributed by atoms with Gasteiger partial charge >= 0.3 is 0 Å². The van der Waals surface area contributed by atoms with Gasteiger partial charge in [0.05, 0.1) is 29.7 Å². The van der Waals surface area contributed by atoms with Crippen LogP contribution in [0.3, 0.4) is 0 Å². The van der Waals surface area contributed by atoms with Crippen LogP contribution in [0.4, 0.5) is 11.4 Å². The zero-order chi connectivity index (χ0) is 24.1. The Morgan fingerprint density at radius 2 is 1.79 bits per heavy atom. The van der Waals surface area contributed by atoms with Gasteiger partial charge in [-0.3, -0.25) is 0 Å². The third-order valence-electron chi connectivity index (χ3n) is 5.14. The van der Waals surface area contributed by atoms with E-state index in [9.17, 15) is 10.5 Å². The van der Waals surface area contributed by atoms with Crippen molar-refractivity contribution in [1.29, 1.82) is 5.26 Å². The smallest absolute Gasteiger partial charge is 0.215 e. The lowest BCUT2D eigenvalue weighted by Gasteiger charge is -2.18. The van der Waals surface area contributed by atoms with Crippen molar-refractivity contribution in [2.45, 2.75) is 20.3 Å². The SMILES string of the molecule is CCCOc1c(C)cc(Oc2ccc(-c3ccc4c(c3)NC=C(/N=[N+](/C)[O-])N4)cc2)cc1C#N. The molecule has 8 nitrogen and oxygen atoms in total. The number of hydroxylamine groups is 1. The van der Waals surface area contributed by atoms with Crippen molar-refractivity contribution < 1.29 is 14.3 Å². The second kappa shape index (κ2) is 9.96. The van der Waals surface area contributed by atoms with Crippen LogP contribution in [0.5, 0.6) is 17.2 Å². The van der Waals surface area contributed by atoms with Crippen LogP contribution < -0.4 is 20.1 Å². The number of hydrogen-bond acceptors (Lipinski definition) is 7. The Kier molecular flexibility index (Phi) is 6.64. The molecule has 1 aliphatic heterocycles. The third kappa shape index (κ3) is 5.10. The molecule has 0 radical (unpaired) electrons. The molecule has 0 bridgehead atoms. The molecule has 0 atom stereocenters. The highest BCUT2D eigenvalue weighted by atomic mass is 16.5. The van der Waals surface area contributed by atoms with E-state index in [0.29, 0.717) is 40.1 Å². The van der Waals surface area contributed by atoms with Gasteiger partial charge in [0.15, 0.2) is 7.05 Å². The van der Waals surface area contributed by atoms with Gasteiger partial charge in [-0.1, -0.05) is 30.0 Å². The average molecular weight is 456 g/mol. The fraction of sp³-hybridized carbons (Fsp3) is 0.192. The van der Waals surface area contributed by atoms with Crippen LogP contribution in [-0.2, 0) is 0 Å². The second-order valence-electron chi connectivity index (χ2n) is 7.83. The summed E-state index contributed by atoms with van der Waals surface area (Å²) in [6.45, 7) is 4.50. The molecule has 0 saturated heterocycles. The number of hydrogen-bond donors (Lipinski definition) is 2. The lowest BCUT2D eigenvalue weighted by atomic mass is 10.0. The molecule has 0 aliphatic carbocycles. The molecule has 0 fully saturated rings. The third-order valence-corrected chi connectivity index (χ3v) is 5.14. The van der Waals surface area contributed by atoms with E-state index in [4.69, 9.17) is 9.47 Å². The molecular formula is C26H25N5O3. The molecular weight excluding hydrogens is 430 g/mol. The number of nitriles is 1. The van der Waals surface area contributed by atoms with E-state index in [-0.39, 0.29) is 0 Å². The van der Waals surface area contributed by atoms with E-state index in [1.54, 1.807) is 12.3 Å². The van der Waals surface area contributed by atoms with Crippen molar-refractivity contribution in [3.8, 4) is 34.4 Å². The highest BCUT2D eigenvalue weighted by molar-refractivity contribution is 5.80. The summed E-state index contributed by atoms with van der Waals surface area (Å²) in [5.74, 6) is 2.31. The molecule has 4 rings (SSSR count). The summed E-state index contributed by atoms with van der Waals surface area (Å²) in [5.41, 5.74) is 5.09. The lowest BCUT2D eigenvalue weighted by molar-refractivity contribution is -0.495. The maximum absolute atomic E-state index is 11.1. The minimum Gasteiger partial charge on any atom is -0.600 e. The van der Waals surface area contributed by atoms with E-state index in [1.807, 2.05) is 62.4 Å². The Morgan fingerprint density at radius 3 is 2.50 bits per heavy atom. The van der Waals surface area contributed by atoms with E-state index in [1.165, 1.54) is 7.05 Å². The largest absolute Gasteiger partial charge is 0.600 e. The lowest BCUT2D eigenvalue weighted by Crippen LogP contribution is -2.10. The molecule has 0 amide bonds. The zero-order valence-electron chi connectivity index (χ0n) is 19.3. The van der Waals surface area contributed by atoms with Crippen LogP contribution >= 0.6 is 0 Å². The van der Waals surface area contributed by atoms with Crippen LogP contribution in [0, 0.1) is 23.5 Å². The summed E-state index contributed by atoms with van der Waals surface area (Å²) in [6.07, 6.45) is 2.52. The van der Waals surface area contributed by atoms with Crippen LogP contribution in [0.1, 0.15) is 24.5 Å². The Morgan fingerprint density at radius 1 is 1.03 bits per heavy atom. The number of aryl methyl sites for hydroxylation is 1. The standard InChI is InChI=1S/C26H25N5O3/c1-4-11-33-26-17(2)12-22(13-20(26)15-27)34-21-8-5-18(6-9-21)19-7-10-23-24(14-19)28-16-25(29-23)30-31(3)32/h5-10,12-14,16,28-29H,4,11H2,1-3H3/b31-30-. The first-order chi connectivity index (χ1) is 16.5. The molecule has 0 spiro atoms. The first-order valence-electron chi connectivity index (χ1n) is 10.9. The van der Waals surface area contributed by atoms with E-state index >= 15 is 0 Å². The summed E-state index contributed by atoms with van der Waals surface area (Å²) in [4.78, 5) is 0.501. The molecule has 3 aromatic carbocycles. The van der Waals surface area contributed by atoms with Crippen molar-refractivity contribution in [2.75, 3.05) is 24.3 Å². The Labute approximate surface area is 198 Å². The monoisotopic (exact) mass is 455 g/mol. The van der Waals surface area contributed by atoms with Crippen LogP contribution in [0.15, 0.2) is 71.7 Å². The molecule has 2 N–H and O–H groups in total. The van der Waals surface area contributed by atoms with Gasteiger partial charge in [-0.2, -0.15) is 5.26 Å². The molecule has 3 aromatic rings. The minimum absolute atomic E-state index is 0.444. The van der Waals surface area contributed by atoms with Crippen molar-refractivity contribution >= 4 is 11.4 Å². The fourth-order valence-electron chi connectivity index (χ4n) is 3.61. The Balaban J connectivity index is 1.50. The van der Waals surface area contributed by atoms with E-state index in [0.717, 1.165) is 34.5 Å². The van der Waals surface area contributed by atoms with Crippen LogP contribution in [-0.4, -0.2) is 18.5 Å². The number of azo groups is 1. The predicted octanol–water partition coefficient (Wildman–Crippen LogP) is 6.34. The molecule has 1 aliphatic rings. The van der Waals surface area contributed by atoms with Gasteiger partial charge in [-0.05, 0) is 60.4 Å². The van der Waals surface area contributed by atoms with Gasteiger partial charge in [0.25, 0.3) is 0 Å². The van der Waals surface area contributed by atoms with Gasteiger partial charge in [0.1, 0.15) is 23.3 Å². The van der Waals surface area contributed by atoms with Crippen molar-refractivity contribution in [3.63, 3.8) is 0 Å². The molecule has 172 valence electrons. The van der Waals surface area contributed by atoms with Gasteiger partial charge in [0, 0.05) is 11.2 Å². The highest BCUT2D eigenvalue weighted by Gasteiger charge is 2.14. The summed E-state index contributed by atoms with van der Waals surface area (Å²) >= 11 is 0. The number of nitrogens with zero attached hydrogens (tertiary/aromatic N) is 3.